The summed E-state index contributed by atoms with van der Waals surface area (Å²) < 4.78 is 0. The van der Waals surface area contributed by atoms with Gasteiger partial charge in [-0.15, -0.1) is 0 Å². The monoisotopic (exact) mass is 237 g/mol. The van der Waals surface area contributed by atoms with Gasteiger partial charge in [0, 0.05) is 25.7 Å². The first-order chi connectivity index (χ1) is 8.22. The van der Waals surface area contributed by atoms with E-state index in [1.165, 1.54) is 0 Å². The molecule has 0 aromatic heterocycles. The highest BCUT2D eigenvalue weighted by atomic mass is 16.3. The first-order valence-electron chi connectivity index (χ1n) is 5.97. The standard InChI is InChI=1S/C13H19NO3/c15-7-6-11-13(17)12(16)9-14(11)8-10-4-2-1-3-5-10/h1-5,11-13,15-17H,6-9H2/t11-,12+,13+/m1/s1. The lowest BCUT2D eigenvalue weighted by Crippen LogP contribution is -2.36. The molecule has 0 radical (unpaired) electrons. The minimum Gasteiger partial charge on any atom is -0.396 e. The number of aliphatic hydroxyl groups is 3. The van der Waals surface area contributed by atoms with Crippen LogP contribution >= 0.6 is 0 Å². The van der Waals surface area contributed by atoms with Gasteiger partial charge in [-0.25, -0.2) is 0 Å². The molecule has 4 heteroatoms. The molecule has 1 aliphatic heterocycles. The number of nitrogens with zero attached hydrogens (tertiary/aromatic N) is 1. The van der Waals surface area contributed by atoms with Crippen molar-refractivity contribution in [2.75, 3.05) is 13.2 Å². The average Bonchev–Trinajstić information content (AvgIpc) is 2.59. The minimum atomic E-state index is -0.758. The van der Waals surface area contributed by atoms with Crippen molar-refractivity contribution in [3.8, 4) is 0 Å². The van der Waals surface area contributed by atoms with E-state index in [-0.39, 0.29) is 12.6 Å². The lowest BCUT2D eigenvalue weighted by atomic mass is 10.1. The summed E-state index contributed by atoms with van der Waals surface area (Å²) in [4.78, 5) is 2.03. The molecule has 0 spiro atoms. The number of β-amino-alcohol motifs (C(OH)–C–C–N with tert-alkyl or cyclic N) is 1. The van der Waals surface area contributed by atoms with E-state index >= 15 is 0 Å². The summed E-state index contributed by atoms with van der Waals surface area (Å²) in [7, 11) is 0. The van der Waals surface area contributed by atoms with Crippen LogP contribution in [0.1, 0.15) is 12.0 Å². The van der Waals surface area contributed by atoms with E-state index in [1.54, 1.807) is 0 Å². The Morgan fingerprint density at radius 1 is 1.18 bits per heavy atom. The molecular formula is C13H19NO3. The van der Waals surface area contributed by atoms with E-state index in [1.807, 2.05) is 35.2 Å². The van der Waals surface area contributed by atoms with Crippen LogP contribution in [0.4, 0.5) is 0 Å². The molecule has 3 atom stereocenters. The Labute approximate surface area is 101 Å². The van der Waals surface area contributed by atoms with E-state index in [0.29, 0.717) is 19.5 Å². The molecular weight excluding hydrogens is 218 g/mol. The molecule has 0 bridgehead atoms. The minimum absolute atomic E-state index is 0.0275. The van der Waals surface area contributed by atoms with Crippen LogP contribution in [0.25, 0.3) is 0 Å². The van der Waals surface area contributed by atoms with Crippen molar-refractivity contribution in [1.82, 2.24) is 4.90 Å². The zero-order valence-corrected chi connectivity index (χ0v) is 9.74. The van der Waals surface area contributed by atoms with Crippen molar-refractivity contribution in [2.24, 2.45) is 0 Å². The maximum Gasteiger partial charge on any atom is 0.0967 e. The van der Waals surface area contributed by atoms with E-state index in [4.69, 9.17) is 5.11 Å². The van der Waals surface area contributed by atoms with Gasteiger partial charge in [-0.1, -0.05) is 30.3 Å². The van der Waals surface area contributed by atoms with Gasteiger partial charge >= 0.3 is 0 Å². The van der Waals surface area contributed by atoms with Crippen LogP contribution in [0.3, 0.4) is 0 Å². The van der Waals surface area contributed by atoms with Crippen molar-refractivity contribution >= 4 is 0 Å². The Balaban J connectivity index is 2.04. The van der Waals surface area contributed by atoms with Crippen molar-refractivity contribution in [3.05, 3.63) is 35.9 Å². The van der Waals surface area contributed by atoms with Gasteiger partial charge < -0.3 is 15.3 Å². The third-order valence-electron chi connectivity index (χ3n) is 3.33. The molecule has 2 rings (SSSR count). The molecule has 1 aliphatic rings. The Morgan fingerprint density at radius 2 is 1.88 bits per heavy atom. The van der Waals surface area contributed by atoms with Gasteiger partial charge in [0.2, 0.25) is 0 Å². The molecule has 94 valence electrons. The molecule has 17 heavy (non-hydrogen) atoms. The normalized spacial score (nSPS) is 29.7. The van der Waals surface area contributed by atoms with Gasteiger partial charge in [0.25, 0.3) is 0 Å². The Bertz CT molecular complexity index is 344. The predicted octanol–water partition coefficient (Wildman–Crippen LogP) is -0.0250. The first-order valence-corrected chi connectivity index (χ1v) is 5.97. The highest BCUT2D eigenvalue weighted by molar-refractivity contribution is 5.15. The molecule has 1 fully saturated rings. The number of rotatable bonds is 4. The molecule has 0 saturated carbocycles. The molecule has 0 aliphatic carbocycles. The molecule has 1 aromatic carbocycles. The Morgan fingerprint density at radius 3 is 2.53 bits per heavy atom. The lowest BCUT2D eigenvalue weighted by Gasteiger charge is -2.25. The van der Waals surface area contributed by atoms with Crippen molar-refractivity contribution in [3.63, 3.8) is 0 Å². The number of hydrogen-bond donors (Lipinski definition) is 3. The molecule has 4 nitrogen and oxygen atoms in total. The van der Waals surface area contributed by atoms with Gasteiger partial charge in [-0.05, 0) is 12.0 Å². The van der Waals surface area contributed by atoms with Crippen LogP contribution in [-0.4, -0.2) is 51.6 Å². The SMILES string of the molecule is OCC[C@@H]1[C@H](O)[C@@H](O)CN1Cc1ccccc1. The second-order valence-corrected chi connectivity index (χ2v) is 4.55. The summed E-state index contributed by atoms with van der Waals surface area (Å²) >= 11 is 0. The first kappa shape index (κ1) is 12.5. The highest BCUT2D eigenvalue weighted by Crippen LogP contribution is 2.23. The molecule has 1 heterocycles. The zero-order chi connectivity index (χ0) is 12.3. The van der Waals surface area contributed by atoms with Gasteiger partial charge in [0.15, 0.2) is 0 Å². The van der Waals surface area contributed by atoms with Gasteiger partial charge in [-0.2, -0.15) is 0 Å². The summed E-state index contributed by atoms with van der Waals surface area (Å²) in [6.07, 6.45) is -0.980. The summed E-state index contributed by atoms with van der Waals surface area (Å²) in [5.41, 5.74) is 1.15. The maximum absolute atomic E-state index is 9.83. The molecule has 0 amide bonds. The number of aliphatic hydroxyl groups excluding tert-OH is 3. The summed E-state index contributed by atoms with van der Waals surface area (Å²) in [6, 6.07) is 9.79. The van der Waals surface area contributed by atoms with E-state index in [2.05, 4.69) is 0 Å². The zero-order valence-electron chi connectivity index (χ0n) is 9.74. The van der Waals surface area contributed by atoms with Gasteiger partial charge in [-0.3, -0.25) is 4.90 Å². The summed E-state index contributed by atoms with van der Waals surface area (Å²) in [6.45, 7) is 1.18. The van der Waals surface area contributed by atoms with Crippen LogP contribution in [-0.2, 0) is 6.54 Å². The van der Waals surface area contributed by atoms with Gasteiger partial charge in [0.05, 0.1) is 12.2 Å². The largest absolute Gasteiger partial charge is 0.396 e. The molecule has 1 saturated heterocycles. The third kappa shape index (κ3) is 2.84. The smallest absolute Gasteiger partial charge is 0.0967 e. The fourth-order valence-electron chi connectivity index (χ4n) is 2.44. The van der Waals surface area contributed by atoms with Crippen LogP contribution in [0.5, 0.6) is 0 Å². The van der Waals surface area contributed by atoms with Crippen LogP contribution < -0.4 is 0 Å². The summed E-state index contributed by atoms with van der Waals surface area (Å²) in [5, 5.41) is 28.5. The maximum atomic E-state index is 9.83. The Hall–Kier alpha value is -0.940. The van der Waals surface area contributed by atoms with Crippen LogP contribution in [0, 0.1) is 0 Å². The number of likely N-dealkylation sites (tertiary alicyclic amines) is 1. The number of hydrogen-bond acceptors (Lipinski definition) is 4. The van der Waals surface area contributed by atoms with Crippen molar-refractivity contribution in [2.45, 2.75) is 31.2 Å². The van der Waals surface area contributed by atoms with E-state index in [0.717, 1.165) is 5.56 Å². The van der Waals surface area contributed by atoms with E-state index < -0.39 is 12.2 Å². The average molecular weight is 237 g/mol. The lowest BCUT2D eigenvalue weighted by molar-refractivity contribution is 0.0311. The second kappa shape index (κ2) is 5.60. The van der Waals surface area contributed by atoms with Crippen LogP contribution in [0.2, 0.25) is 0 Å². The number of benzene rings is 1. The highest BCUT2D eigenvalue weighted by Gasteiger charge is 2.38. The Kier molecular flexibility index (Phi) is 4.12. The predicted molar refractivity (Wildman–Crippen MR) is 64.4 cm³/mol. The van der Waals surface area contributed by atoms with Crippen molar-refractivity contribution in [1.29, 1.82) is 0 Å². The topological polar surface area (TPSA) is 63.9 Å². The second-order valence-electron chi connectivity index (χ2n) is 4.55. The van der Waals surface area contributed by atoms with E-state index in [9.17, 15) is 10.2 Å². The molecule has 1 aromatic rings. The fourth-order valence-corrected chi connectivity index (χ4v) is 2.44. The summed E-state index contributed by atoms with van der Waals surface area (Å²) in [5.74, 6) is 0. The molecule has 3 N–H and O–H groups in total. The van der Waals surface area contributed by atoms with Crippen LogP contribution in [0.15, 0.2) is 30.3 Å². The third-order valence-corrected chi connectivity index (χ3v) is 3.33. The molecule has 0 unspecified atom stereocenters. The fraction of sp³-hybridized carbons (Fsp3) is 0.538. The van der Waals surface area contributed by atoms with Gasteiger partial charge in [0.1, 0.15) is 0 Å². The quantitative estimate of drug-likeness (QED) is 0.688. The van der Waals surface area contributed by atoms with Crippen molar-refractivity contribution < 1.29 is 15.3 Å².